The van der Waals surface area contributed by atoms with Crippen molar-refractivity contribution >= 4 is 17.5 Å². The van der Waals surface area contributed by atoms with Gasteiger partial charge in [0.15, 0.2) is 5.82 Å². The highest BCUT2D eigenvalue weighted by atomic mass is 19.1. The van der Waals surface area contributed by atoms with Gasteiger partial charge in [0.25, 0.3) is 0 Å². The van der Waals surface area contributed by atoms with E-state index in [1.165, 1.54) is 24.3 Å². The summed E-state index contributed by atoms with van der Waals surface area (Å²) in [5.74, 6) is -0.0857. The van der Waals surface area contributed by atoms with Crippen molar-refractivity contribution in [3.8, 4) is 22.6 Å². The van der Waals surface area contributed by atoms with Crippen molar-refractivity contribution < 1.29 is 27.8 Å². The predicted molar refractivity (Wildman–Crippen MR) is 145 cm³/mol. The third kappa shape index (κ3) is 5.80. The number of imidazole rings is 1. The number of nitrogens with one attached hydrogen (secondary N) is 2. The highest BCUT2D eigenvalue weighted by molar-refractivity contribution is 5.83. The maximum absolute atomic E-state index is 13.7. The molecule has 0 aliphatic carbocycles. The van der Waals surface area contributed by atoms with Crippen molar-refractivity contribution in [2.45, 2.75) is 13.2 Å². The summed E-state index contributed by atoms with van der Waals surface area (Å²) in [5, 5.41) is 3.06. The van der Waals surface area contributed by atoms with Gasteiger partial charge in [0.05, 0.1) is 48.9 Å². The summed E-state index contributed by atoms with van der Waals surface area (Å²) in [7, 11) is 0. The molecule has 0 radical (unpaired) electrons. The Morgan fingerprint density at radius 2 is 1.63 bits per heavy atom. The molecule has 0 saturated carbocycles. The molecule has 2 aliphatic heterocycles. The Labute approximate surface area is 234 Å². The molecule has 0 atom stereocenters. The quantitative estimate of drug-likeness (QED) is 0.354. The fraction of sp³-hybridized carbons (Fsp3) is 0.310. The van der Waals surface area contributed by atoms with Gasteiger partial charge in [0, 0.05) is 30.5 Å². The lowest BCUT2D eigenvalue weighted by Gasteiger charge is -2.39. The number of H-pyrrole nitrogens is 1. The summed E-state index contributed by atoms with van der Waals surface area (Å²) in [6.45, 7) is 4.23. The number of hydrogen-bond donors (Lipinski definition) is 2. The van der Waals surface area contributed by atoms with Crippen molar-refractivity contribution in [1.82, 2.24) is 24.8 Å². The van der Waals surface area contributed by atoms with Crippen molar-refractivity contribution in [3.63, 3.8) is 0 Å². The highest BCUT2D eigenvalue weighted by Gasteiger charge is 2.43. The Morgan fingerprint density at radius 3 is 2.32 bits per heavy atom. The molecule has 4 aromatic rings. The molecule has 212 valence electrons. The first-order chi connectivity index (χ1) is 19.9. The summed E-state index contributed by atoms with van der Waals surface area (Å²) in [6, 6.07) is 13.5. The van der Waals surface area contributed by atoms with Crippen LogP contribution in [0.15, 0.2) is 60.8 Å². The number of amides is 1. The minimum absolute atomic E-state index is 0.0337. The second kappa shape index (κ2) is 11.3. The van der Waals surface area contributed by atoms with Crippen LogP contribution in [-0.4, -0.2) is 70.3 Å². The summed E-state index contributed by atoms with van der Waals surface area (Å²) in [5.41, 5.74) is 1.99. The lowest BCUT2D eigenvalue weighted by molar-refractivity contribution is -0.235. The van der Waals surface area contributed by atoms with Crippen LogP contribution >= 0.6 is 0 Å². The SMILES string of the molecule is CC1(C(=O)N2CCOCC2)COC(c2nc(-c3ccc(F)cc3)c(-c3ccnc(Nc4ccc(F)cc4)n3)[nH]2)OC1. The zero-order valence-corrected chi connectivity index (χ0v) is 22.3. The van der Waals surface area contributed by atoms with Crippen LogP contribution in [0.25, 0.3) is 22.6 Å². The van der Waals surface area contributed by atoms with Crippen LogP contribution in [-0.2, 0) is 19.0 Å². The molecule has 0 bridgehead atoms. The van der Waals surface area contributed by atoms with Gasteiger partial charge < -0.3 is 29.4 Å². The van der Waals surface area contributed by atoms with E-state index >= 15 is 0 Å². The normalized spacial score (nSPS) is 21.0. The zero-order chi connectivity index (χ0) is 28.4. The third-order valence-electron chi connectivity index (χ3n) is 7.00. The Balaban J connectivity index is 1.27. The highest BCUT2D eigenvalue weighted by Crippen LogP contribution is 2.36. The maximum Gasteiger partial charge on any atom is 0.233 e. The standard InChI is InChI=1S/C29H28F2N6O4/c1-29(27(38)37-12-14-39-15-13-37)16-40-26(41-17-29)25-35-23(18-2-4-19(30)5-3-18)24(36-25)22-10-11-32-28(34-22)33-21-8-6-20(31)7-9-21/h2-11,26H,12-17H2,1H3,(H,35,36)(H,32,33,34). The molecular formula is C29H28F2N6O4. The monoisotopic (exact) mass is 562 g/mol. The minimum atomic E-state index is -0.854. The topological polar surface area (TPSA) is 114 Å². The first-order valence-corrected chi connectivity index (χ1v) is 13.2. The molecule has 0 spiro atoms. The van der Waals surface area contributed by atoms with E-state index in [1.807, 2.05) is 6.92 Å². The van der Waals surface area contributed by atoms with Crippen LogP contribution in [0.1, 0.15) is 19.0 Å². The number of morpholine rings is 1. The van der Waals surface area contributed by atoms with Gasteiger partial charge in [-0.05, 0) is 61.5 Å². The molecule has 41 heavy (non-hydrogen) atoms. The van der Waals surface area contributed by atoms with E-state index in [0.29, 0.717) is 60.5 Å². The zero-order valence-electron chi connectivity index (χ0n) is 22.3. The molecule has 2 aromatic heterocycles. The number of carbonyl (C=O) groups excluding carboxylic acids is 1. The molecule has 2 aromatic carbocycles. The van der Waals surface area contributed by atoms with Gasteiger partial charge in [-0.2, -0.15) is 0 Å². The number of anilines is 2. The maximum atomic E-state index is 13.7. The van der Waals surface area contributed by atoms with Crippen molar-refractivity contribution in [2.24, 2.45) is 5.41 Å². The van der Waals surface area contributed by atoms with Crippen LogP contribution in [0.5, 0.6) is 0 Å². The van der Waals surface area contributed by atoms with Gasteiger partial charge in [-0.25, -0.2) is 23.7 Å². The average Bonchev–Trinajstić information content (AvgIpc) is 3.45. The van der Waals surface area contributed by atoms with Crippen LogP contribution in [0.2, 0.25) is 0 Å². The third-order valence-corrected chi connectivity index (χ3v) is 7.00. The summed E-state index contributed by atoms with van der Waals surface area (Å²) >= 11 is 0. The van der Waals surface area contributed by atoms with Gasteiger partial charge in [-0.15, -0.1) is 0 Å². The van der Waals surface area contributed by atoms with Gasteiger partial charge >= 0.3 is 0 Å². The first-order valence-electron chi connectivity index (χ1n) is 13.2. The van der Waals surface area contributed by atoms with Crippen LogP contribution in [0, 0.1) is 17.0 Å². The molecule has 0 unspecified atom stereocenters. The summed E-state index contributed by atoms with van der Waals surface area (Å²) in [4.78, 5) is 31.9. The van der Waals surface area contributed by atoms with Crippen molar-refractivity contribution in [1.29, 1.82) is 0 Å². The van der Waals surface area contributed by atoms with Gasteiger partial charge in [0.2, 0.25) is 18.1 Å². The number of rotatable bonds is 6. The lowest BCUT2D eigenvalue weighted by Crippen LogP contribution is -2.53. The smallest absolute Gasteiger partial charge is 0.233 e. The van der Waals surface area contributed by atoms with Crippen molar-refractivity contribution in [3.05, 3.63) is 78.3 Å². The lowest BCUT2D eigenvalue weighted by atomic mass is 9.90. The fourth-order valence-corrected chi connectivity index (χ4v) is 4.76. The molecule has 12 heteroatoms. The Kier molecular flexibility index (Phi) is 7.43. The fourth-order valence-electron chi connectivity index (χ4n) is 4.76. The number of aromatic nitrogens is 4. The second-order valence-electron chi connectivity index (χ2n) is 10.2. The van der Waals surface area contributed by atoms with E-state index in [0.717, 1.165) is 0 Å². The molecule has 2 N–H and O–H groups in total. The molecule has 2 fully saturated rings. The number of carbonyl (C=O) groups is 1. The van der Waals surface area contributed by atoms with Gasteiger partial charge in [-0.3, -0.25) is 4.79 Å². The minimum Gasteiger partial charge on any atom is -0.378 e. The van der Waals surface area contributed by atoms with Crippen LogP contribution in [0.4, 0.5) is 20.4 Å². The largest absolute Gasteiger partial charge is 0.378 e. The molecule has 10 nitrogen and oxygen atoms in total. The van der Waals surface area contributed by atoms with E-state index in [1.54, 1.807) is 41.4 Å². The molecule has 2 saturated heterocycles. The Bertz CT molecular complexity index is 1520. The molecular weight excluding hydrogens is 534 g/mol. The van der Waals surface area contributed by atoms with Gasteiger partial charge in [-0.1, -0.05) is 0 Å². The number of aromatic amines is 1. The number of halogens is 2. The summed E-state index contributed by atoms with van der Waals surface area (Å²) < 4.78 is 44.5. The van der Waals surface area contributed by atoms with E-state index in [2.05, 4.69) is 20.3 Å². The number of ether oxygens (including phenoxy) is 3. The predicted octanol–water partition coefficient (Wildman–Crippen LogP) is 4.47. The van der Waals surface area contributed by atoms with E-state index in [4.69, 9.17) is 19.2 Å². The van der Waals surface area contributed by atoms with Gasteiger partial charge in [0.1, 0.15) is 11.6 Å². The summed E-state index contributed by atoms with van der Waals surface area (Å²) in [6.07, 6.45) is 0.728. The average molecular weight is 563 g/mol. The van der Waals surface area contributed by atoms with Crippen molar-refractivity contribution in [2.75, 3.05) is 44.8 Å². The number of benzene rings is 2. The van der Waals surface area contributed by atoms with E-state index in [-0.39, 0.29) is 36.7 Å². The molecule has 1 amide bonds. The van der Waals surface area contributed by atoms with Crippen LogP contribution < -0.4 is 5.32 Å². The molecule has 4 heterocycles. The van der Waals surface area contributed by atoms with E-state index < -0.39 is 11.7 Å². The Morgan fingerprint density at radius 1 is 0.976 bits per heavy atom. The number of hydrogen-bond acceptors (Lipinski definition) is 8. The number of nitrogens with zero attached hydrogens (tertiary/aromatic N) is 4. The first kappa shape index (κ1) is 26.9. The Hall–Kier alpha value is -4.26. The molecule has 2 aliphatic rings. The molecule has 6 rings (SSSR count). The van der Waals surface area contributed by atoms with Crippen LogP contribution in [0.3, 0.4) is 0 Å². The second-order valence-corrected chi connectivity index (χ2v) is 10.2. The van der Waals surface area contributed by atoms with E-state index in [9.17, 15) is 13.6 Å².